The molecule has 0 saturated heterocycles. The second-order valence-corrected chi connectivity index (χ2v) is 6.69. The van der Waals surface area contributed by atoms with Gasteiger partial charge in [-0.3, -0.25) is 4.74 Å². The molecule has 4 aliphatic carbocycles. The van der Waals surface area contributed by atoms with Crippen molar-refractivity contribution < 1.29 is 17.9 Å². The number of rotatable bonds is 3. The molecule has 0 radical (unpaired) electrons. The zero-order valence-corrected chi connectivity index (χ0v) is 10.9. The summed E-state index contributed by atoms with van der Waals surface area (Å²) in [4.78, 5) is 4.43. The van der Waals surface area contributed by atoms with Crippen molar-refractivity contribution in [2.75, 3.05) is 0 Å². The molecule has 1 heterocycles. The minimum atomic E-state index is -4.53. The highest BCUT2D eigenvalue weighted by molar-refractivity contribution is 5.36. The summed E-state index contributed by atoms with van der Waals surface area (Å²) in [6, 6.07) is 0.0720. The molecule has 7 heteroatoms. The summed E-state index contributed by atoms with van der Waals surface area (Å²) < 4.78 is 42.1. The minimum absolute atomic E-state index is 0.0336. The van der Waals surface area contributed by atoms with Crippen LogP contribution in [-0.2, 0) is 10.2 Å². The van der Waals surface area contributed by atoms with Crippen LogP contribution in [0.1, 0.15) is 43.8 Å². The van der Waals surface area contributed by atoms with Crippen molar-refractivity contribution in [1.82, 2.24) is 9.55 Å². The van der Waals surface area contributed by atoms with Crippen LogP contribution in [-0.4, -0.2) is 27.6 Å². The Balaban J connectivity index is 1.37. The number of hydrogen-bond donors (Lipinski definition) is 1. The maximum Gasteiger partial charge on any atom is 0.522 e. The van der Waals surface area contributed by atoms with E-state index >= 15 is 0 Å². The Bertz CT molecular complexity index is 528. The fourth-order valence-electron chi connectivity index (χ4n) is 4.01. The zero-order chi connectivity index (χ0) is 14.2. The molecule has 4 nitrogen and oxygen atoms in total. The van der Waals surface area contributed by atoms with Crippen LogP contribution >= 0.6 is 0 Å². The quantitative estimate of drug-likeness (QED) is 0.927. The first-order chi connectivity index (χ1) is 9.27. The molecule has 2 N–H and O–H groups in total. The topological polar surface area (TPSA) is 53.1 Å². The number of alkyl halides is 3. The lowest BCUT2D eigenvalue weighted by Crippen LogP contribution is -2.74. The Hall–Kier alpha value is -1.08. The third kappa shape index (κ3) is 1.79. The molecular formula is C13H16F3N3O. The summed E-state index contributed by atoms with van der Waals surface area (Å²) in [5.41, 5.74) is 7.27. The van der Waals surface area contributed by atoms with Gasteiger partial charge in [-0.2, -0.15) is 0 Å². The van der Waals surface area contributed by atoms with Crippen LogP contribution in [0.15, 0.2) is 12.5 Å². The van der Waals surface area contributed by atoms with Gasteiger partial charge in [-0.1, -0.05) is 0 Å². The highest BCUT2D eigenvalue weighted by atomic mass is 19.4. The SMILES string of the molecule is NC12CC(c3cn([C@H]4C[C@@H](OC(F)(F)F)C4)cn3)(C1)C2. The van der Waals surface area contributed by atoms with Gasteiger partial charge in [0.2, 0.25) is 0 Å². The largest absolute Gasteiger partial charge is 0.522 e. The number of nitrogens with two attached hydrogens (primary N) is 1. The van der Waals surface area contributed by atoms with Crippen LogP contribution in [0, 0.1) is 0 Å². The number of halogens is 3. The number of hydrogen-bond acceptors (Lipinski definition) is 3. The summed E-state index contributed by atoms with van der Waals surface area (Å²) in [7, 11) is 0. The van der Waals surface area contributed by atoms with Crippen molar-refractivity contribution in [3.05, 3.63) is 18.2 Å². The molecule has 20 heavy (non-hydrogen) atoms. The zero-order valence-electron chi connectivity index (χ0n) is 10.9. The van der Waals surface area contributed by atoms with E-state index in [-0.39, 0.29) is 17.0 Å². The van der Waals surface area contributed by atoms with Gasteiger partial charge < -0.3 is 10.3 Å². The van der Waals surface area contributed by atoms with Crippen molar-refractivity contribution in [1.29, 1.82) is 0 Å². The standard InChI is InChI=1S/C13H16F3N3O/c14-13(15,16)20-9-1-8(2-9)19-3-10(18-7-19)11-4-12(17,5-11)6-11/h3,7-9H,1-2,4-6,17H2/t8-,9+,11?,12?. The molecule has 1 aromatic rings. The summed E-state index contributed by atoms with van der Waals surface area (Å²) in [6.07, 6.45) is 2.21. The maximum absolute atomic E-state index is 12.1. The first-order valence-electron chi connectivity index (χ1n) is 6.84. The van der Waals surface area contributed by atoms with Gasteiger partial charge in [0.1, 0.15) is 0 Å². The summed E-state index contributed by atoms with van der Waals surface area (Å²) in [6.45, 7) is 0. The summed E-state index contributed by atoms with van der Waals surface area (Å²) in [5, 5.41) is 0. The minimum Gasteiger partial charge on any atom is -0.334 e. The van der Waals surface area contributed by atoms with Crippen LogP contribution < -0.4 is 5.73 Å². The van der Waals surface area contributed by atoms with Gasteiger partial charge in [0.15, 0.2) is 0 Å². The second kappa shape index (κ2) is 3.57. The first kappa shape index (κ1) is 12.6. The average Bonchev–Trinajstić information content (AvgIpc) is 2.64. The normalized spacial score (nSPS) is 42.6. The lowest BCUT2D eigenvalue weighted by atomic mass is 9.39. The third-order valence-corrected chi connectivity index (χ3v) is 5.01. The van der Waals surface area contributed by atoms with Crippen LogP contribution in [0.4, 0.5) is 13.2 Å². The molecule has 5 rings (SSSR count). The molecule has 110 valence electrons. The van der Waals surface area contributed by atoms with Crippen LogP contribution in [0.25, 0.3) is 0 Å². The van der Waals surface area contributed by atoms with Crippen LogP contribution in [0.5, 0.6) is 0 Å². The van der Waals surface area contributed by atoms with E-state index in [1.54, 1.807) is 6.33 Å². The van der Waals surface area contributed by atoms with E-state index in [2.05, 4.69) is 9.72 Å². The molecule has 0 spiro atoms. The van der Waals surface area contributed by atoms with Crippen LogP contribution in [0.2, 0.25) is 0 Å². The molecule has 0 unspecified atom stereocenters. The molecule has 1 aromatic heterocycles. The van der Waals surface area contributed by atoms with Crippen molar-refractivity contribution in [2.24, 2.45) is 5.73 Å². The monoisotopic (exact) mass is 287 g/mol. The molecule has 2 bridgehead atoms. The fourth-order valence-corrected chi connectivity index (χ4v) is 4.01. The van der Waals surface area contributed by atoms with Gasteiger partial charge in [-0.15, -0.1) is 13.2 Å². The Morgan fingerprint density at radius 3 is 2.50 bits per heavy atom. The lowest BCUT2D eigenvalue weighted by Gasteiger charge is -2.68. The molecule has 4 aliphatic rings. The van der Waals surface area contributed by atoms with E-state index in [1.165, 1.54) is 0 Å². The van der Waals surface area contributed by atoms with E-state index in [4.69, 9.17) is 5.73 Å². The Kier molecular flexibility index (Phi) is 2.26. The Labute approximate surface area is 114 Å². The second-order valence-electron chi connectivity index (χ2n) is 6.69. The van der Waals surface area contributed by atoms with Crippen LogP contribution in [0.3, 0.4) is 0 Å². The summed E-state index contributed by atoms with van der Waals surface area (Å²) in [5.74, 6) is 0. The molecule has 0 atom stereocenters. The lowest BCUT2D eigenvalue weighted by molar-refractivity contribution is -0.353. The maximum atomic E-state index is 12.1. The molecule has 0 aromatic carbocycles. The number of aromatic nitrogens is 2. The Morgan fingerprint density at radius 1 is 1.30 bits per heavy atom. The molecule has 4 saturated carbocycles. The van der Waals surface area contributed by atoms with E-state index in [1.807, 2.05) is 10.8 Å². The van der Waals surface area contributed by atoms with E-state index in [9.17, 15) is 13.2 Å². The van der Waals surface area contributed by atoms with E-state index < -0.39 is 12.5 Å². The average molecular weight is 287 g/mol. The number of nitrogens with zero attached hydrogens (tertiary/aromatic N) is 2. The van der Waals surface area contributed by atoms with Crippen molar-refractivity contribution in [2.45, 2.75) is 61.6 Å². The van der Waals surface area contributed by atoms with Gasteiger partial charge in [-0.25, -0.2) is 4.98 Å². The van der Waals surface area contributed by atoms with Crippen molar-refractivity contribution >= 4 is 0 Å². The highest BCUT2D eigenvalue weighted by Gasteiger charge is 2.67. The highest BCUT2D eigenvalue weighted by Crippen LogP contribution is 2.66. The molecule has 0 aliphatic heterocycles. The molecular weight excluding hydrogens is 271 g/mol. The molecule has 4 fully saturated rings. The Morgan fingerprint density at radius 2 is 1.95 bits per heavy atom. The number of imidazole rings is 1. The number of ether oxygens (including phenoxy) is 1. The van der Waals surface area contributed by atoms with Crippen molar-refractivity contribution in [3.63, 3.8) is 0 Å². The van der Waals surface area contributed by atoms with E-state index in [0.29, 0.717) is 12.8 Å². The summed E-state index contributed by atoms with van der Waals surface area (Å²) >= 11 is 0. The van der Waals surface area contributed by atoms with Gasteiger partial charge in [0.05, 0.1) is 18.1 Å². The van der Waals surface area contributed by atoms with E-state index in [0.717, 1.165) is 25.0 Å². The molecule has 0 amide bonds. The van der Waals surface area contributed by atoms with Gasteiger partial charge >= 0.3 is 6.36 Å². The smallest absolute Gasteiger partial charge is 0.334 e. The first-order valence-corrected chi connectivity index (χ1v) is 6.84. The fraction of sp³-hybridized carbons (Fsp3) is 0.769. The van der Waals surface area contributed by atoms with Crippen molar-refractivity contribution in [3.8, 4) is 0 Å². The third-order valence-electron chi connectivity index (χ3n) is 5.01. The predicted molar refractivity (Wildman–Crippen MR) is 63.9 cm³/mol. The van der Waals surface area contributed by atoms with Gasteiger partial charge in [-0.05, 0) is 32.1 Å². The predicted octanol–water partition coefficient (Wildman–Crippen LogP) is 2.26. The van der Waals surface area contributed by atoms with Gasteiger partial charge in [0, 0.05) is 23.2 Å². The van der Waals surface area contributed by atoms with Gasteiger partial charge in [0.25, 0.3) is 0 Å².